The van der Waals surface area contributed by atoms with Crippen LogP contribution in [0.3, 0.4) is 0 Å². The molecule has 0 fully saturated rings. The molecule has 2 nitrogen and oxygen atoms in total. The molecule has 0 bridgehead atoms. The zero-order chi connectivity index (χ0) is 15.6. The third kappa shape index (κ3) is 6.04. The van der Waals surface area contributed by atoms with Gasteiger partial charge in [0.2, 0.25) is 5.91 Å². The van der Waals surface area contributed by atoms with Crippen molar-refractivity contribution in [3.8, 4) is 0 Å². The van der Waals surface area contributed by atoms with Gasteiger partial charge in [0, 0.05) is 10.0 Å². The Morgan fingerprint density at radius 1 is 1.25 bits per heavy atom. The lowest BCUT2D eigenvalue weighted by molar-refractivity contribution is -0.122. The Morgan fingerprint density at radius 3 is 2.40 bits per heavy atom. The maximum Gasteiger partial charge on any atom is 0.224 e. The summed E-state index contributed by atoms with van der Waals surface area (Å²) in [7, 11) is 0. The van der Waals surface area contributed by atoms with E-state index < -0.39 is 0 Å². The molecule has 112 valence electrons. The predicted octanol–water partition coefficient (Wildman–Crippen LogP) is 4.46. The van der Waals surface area contributed by atoms with Gasteiger partial charge in [-0.1, -0.05) is 36.7 Å². The second-order valence-corrected chi connectivity index (χ2v) is 8.00. The van der Waals surface area contributed by atoms with Crippen molar-refractivity contribution in [3.05, 3.63) is 34.1 Å². The Morgan fingerprint density at radius 2 is 1.85 bits per heavy atom. The topological polar surface area (TPSA) is 29.1 Å². The maximum atomic E-state index is 13.6. The molecule has 0 aliphatic carbocycles. The van der Waals surface area contributed by atoms with Crippen molar-refractivity contribution in [2.45, 2.75) is 53.0 Å². The fourth-order valence-corrected chi connectivity index (χ4v) is 3.05. The van der Waals surface area contributed by atoms with Crippen LogP contribution in [0.5, 0.6) is 0 Å². The molecule has 1 amide bonds. The minimum atomic E-state index is -0.350. The van der Waals surface area contributed by atoms with Crippen molar-refractivity contribution >= 4 is 21.8 Å². The molecule has 0 aliphatic heterocycles. The van der Waals surface area contributed by atoms with E-state index in [2.05, 4.69) is 42.0 Å². The van der Waals surface area contributed by atoms with Crippen LogP contribution in [0.15, 0.2) is 22.7 Å². The molecular weight excluding hydrogens is 321 g/mol. The normalized spacial score (nSPS) is 12.3. The lowest BCUT2D eigenvalue weighted by atomic mass is 9.81. The summed E-state index contributed by atoms with van der Waals surface area (Å²) in [5.74, 6) is -0.506. The highest BCUT2D eigenvalue weighted by Gasteiger charge is 2.27. The number of benzene rings is 1. The quantitative estimate of drug-likeness (QED) is 0.858. The minimum absolute atomic E-state index is 0.0544. The largest absolute Gasteiger partial charge is 0.351 e. The second-order valence-electron chi connectivity index (χ2n) is 7.08. The highest BCUT2D eigenvalue weighted by atomic mass is 79.9. The number of hydrogen-bond donors (Lipinski definition) is 1. The summed E-state index contributed by atoms with van der Waals surface area (Å²) in [5.41, 5.74) is 0.221. The Bertz CT molecular complexity index is 492. The summed E-state index contributed by atoms with van der Waals surface area (Å²) in [5, 5.41) is 2.99. The Kier molecular flexibility index (Phi) is 5.36. The fraction of sp³-hybridized carbons (Fsp3) is 0.562. The Labute approximate surface area is 129 Å². The van der Waals surface area contributed by atoms with Crippen molar-refractivity contribution in [3.63, 3.8) is 0 Å². The SMILES string of the molecule is CC(C)(C)CC(C)(C)NC(=O)Cc1cc(Br)ccc1F. The van der Waals surface area contributed by atoms with Crippen molar-refractivity contribution in [1.29, 1.82) is 0 Å². The van der Waals surface area contributed by atoms with E-state index in [-0.39, 0.29) is 29.1 Å². The fourth-order valence-electron chi connectivity index (χ4n) is 2.64. The van der Waals surface area contributed by atoms with Crippen LogP contribution in [0.1, 0.15) is 46.6 Å². The maximum absolute atomic E-state index is 13.6. The van der Waals surface area contributed by atoms with Gasteiger partial charge in [0.1, 0.15) is 5.82 Å². The summed E-state index contributed by atoms with van der Waals surface area (Å²) in [6.45, 7) is 10.4. The number of rotatable bonds is 4. The first-order valence-corrected chi connectivity index (χ1v) is 7.53. The molecule has 0 atom stereocenters. The molecule has 0 heterocycles. The minimum Gasteiger partial charge on any atom is -0.351 e. The van der Waals surface area contributed by atoms with Crippen molar-refractivity contribution in [2.75, 3.05) is 0 Å². The van der Waals surface area contributed by atoms with Crippen LogP contribution in [-0.4, -0.2) is 11.4 Å². The molecular formula is C16H23BrFNO. The molecule has 0 unspecified atom stereocenters. The lowest BCUT2D eigenvalue weighted by Gasteiger charge is -2.33. The molecule has 1 N–H and O–H groups in total. The molecule has 0 radical (unpaired) electrons. The molecule has 1 aromatic rings. The number of amides is 1. The molecule has 0 aliphatic rings. The van der Waals surface area contributed by atoms with Gasteiger partial charge in [0.05, 0.1) is 6.42 Å². The van der Waals surface area contributed by atoms with Crippen LogP contribution in [0.4, 0.5) is 4.39 Å². The standard InChI is InChI=1S/C16H23BrFNO/c1-15(2,3)10-16(4,5)19-14(20)9-11-8-12(17)6-7-13(11)18/h6-8H,9-10H2,1-5H3,(H,19,20). The molecule has 0 saturated heterocycles. The van der Waals surface area contributed by atoms with E-state index in [0.717, 1.165) is 10.9 Å². The summed E-state index contributed by atoms with van der Waals surface area (Å²) in [4.78, 5) is 12.1. The highest BCUT2D eigenvalue weighted by molar-refractivity contribution is 9.10. The van der Waals surface area contributed by atoms with Crippen LogP contribution < -0.4 is 5.32 Å². The van der Waals surface area contributed by atoms with Gasteiger partial charge in [0.25, 0.3) is 0 Å². The third-order valence-corrected chi connectivity index (χ3v) is 3.30. The van der Waals surface area contributed by atoms with Gasteiger partial charge < -0.3 is 5.32 Å². The first kappa shape index (κ1) is 17.2. The van der Waals surface area contributed by atoms with E-state index in [9.17, 15) is 9.18 Å². The van der Waals surface area contributed by atoms with Crippen LogP contribution in [-0.2, 0) is 11.2 Å². The van der Waals surface area contributed by atoms with E-state index in [1.165, 1.54) is 6.07 Å². The molecule has 0 saturated carbocycles. The molecule has 0 aromatic heterocycles. The zero-order valence-corrected chi connectivity index (χ0v) is 14.4. The number of carbonyl (C=O) groups is 1. The molecule has 4 heteroatoms. The Hall–Kier alpha value is -0.900. The Balaban J connectivity index is 2.70. The van der Waals surface area contributed by atoms with E-state index in [1.54, 1.807) is 12.1 Å². The average Bonchev–Trinajstić information content (AvgIpc) is 2.18. The number of hydrogen-bond acceptors (Lipinski definition) is 1. The van der Waals surface area contributed by atoms with Crippen LogP contribution in [0.25, 0.3) is 0 Å². The van der Waals surface area contributed by atoms with Crippen LogP contribution in [0, 0.1) is 11.2 Å². The third-order valence-electron chi connectivity index (χ3n) is 2.81. The van der Waals surface area contributed by atoms with E-state index in [4.69, 9.17) is 0 Å². The highest BCUT2D eigenvalue weighted by Crippen LogP contribution is 2.27. The number of halogens is 2. The van der Waals surface area contributed by atoms with Gasteiger partial charge in [-0.3, -0.25) is 4.79 Å². The van der Waals surface area contributed by atoms with Gasteiger partial charge in [-0.05, 0) is 49.4 Å². The lowest BCUT2D eigenvalue weighted by Crippen LogP contribution is -2.46. The first-order chi connectivity index (χ1) is 8.98. The summed E-state index contributed by atoms with van der Waals surface area (Å²) in [6.07, 6.45) is 0.908. The zero-order valence-electron chi connectivity index (χ0n) is 12.8. The van der Waals surface area contributed by atoms with Crippen molar-refractivity contribution in [2.24, 2.45) is 5.41 Å². The molecule has 1 aromatic carbocycles. The van der Waals surface area contributed by atoms with Gasteiger partial charge in [0.15, 0.2) is 0 Å². The number of nitrogens with one attached hydrogen (secondary N) is 1. The summed E-state index contributed by atoms with van der Waals surface area (Å²) in [6, 6.07) is 4.64. The van der Waals surface area contributed by atoms with E-state index in [0.29, 0.717) is 5.56 Å². The van der Waals surface area contributed by atoms with Gasteiger partial charge in [-0.15, -0.1) is 0 Å². The molecule has 0 spiro atoms. The average molecular weight is 344 g/mol. The van der Waals surface area contributed by atoms with Gasteiger partial charge in [-0.25, -0.2) is 4.39 Å². The summed E-state index contributed by atoms with van der Waals surface area (Å²) < 4.78 is 14.4. The summed E-state index contributed by atoms with van der Waals surface area (Å²) >= 11 is 3.29. The van der Waals surface area contributed by atoms with E-state index in [1.807, 2.05) is 13.8 Å². The number of carbonyl (C=O) groups excluding carboxylic acids is 1. The van der Waals surface area contributed by atoms with E-state index >= 15 is 0 Å². The van der Waals surface area contributed by atoms with Crippen molar-refractivity contribution < 1.29 is 9.18 Å². The smallest absolute Gasteiger partial charge is 0.224 e. The van der Waals surface area contributed by atoms with Crippen LogP contribution >= 0.6 is 15.9 Å². The monoisotopic (exact) mass is 343 g/mol. The molecule has 20 heavy (non-hydrogen) atoms. The predicted molar refractivity (Wildman–Crippen MR) is 84.1 cm³/mol. The second kappa shape index (κ2) is 6.25. The first-order valence-electron chi connectivity index (χ1n) is 6.73. The van der Waals surface area contributed by atoms with Crippen molar-refractivity contribution in [1.82, 2.24) is 5.32 Å². The molecule has 1 rings (SSSR count). The van der Waals surface area contributed by atoms with Gasteiger partial charge in [-0.2, -0.15) is 0 Å². The van der Waals surface area contributed by atoms with Crippen LogP contribution in [0.2, 0.25) is 0 Å². The van der Waals surface area contributed by atoms with Gasteiger partial charge >= 0.3 is 0 Å².